The highest BCUT2D eigenvalue weighted by molar-refractivity contribution is 6.03. The van der Waals surface area contributed by atoms with Gasteiger partial charge in [-0.05, 0) is 12.1 Å². The number of rotatable bonds is 3. The third-order valence-corrected chi connectivity index (χ3v) is 2.30. The molecule has 3 N–H and O–H groups in total. The van der Waals surface area contributed by atoms with Crippen molar-refractivity contribution in [3.8, 4) is 0 Å². The summed E-state index contributed by atoms with van der Waals surface area (Å²) < 4.78 is 1.62. The van der Waals surface area contributed by atoms with Gasteiger partial charge in [0.1, 0.15) is 0 Å². The normalized spacial score (nSPS) is 10.2. The Morgan fingerprint density at radius 3 is 2.82 bits per heavy atom. The Morgan fingerprint density at radius 2 is 2.18 bits per heavy atom. The van der Waals surface area contributed by atoms with Crippen molar-refractivity contribution in [2.75, 3.05) is 5.32 Å². The Balaban J connectivity index is 2.18. The van der Waals surface area contributed by atoms with E-state index in [0.29, 0.717) is 17.9 Å². The summed E-state index contributed by atoms with van der Waals surface area (Å²) in [7, 11) is 1.78. The van der Waals surface area contributed by atoms with Gasteiger partial charge < -0.3 is 11.1 Å². The van der Waals surface area contributed by atoms with Crippen LogP contribution in [0.3, 0.4) is 0 Å². The lowest BCUT2D eigenvalue weighted by molar-refractivity contribution is 0.102. The molecule has 0 bridgehead atoms. The molecule has 2 aromatic heterocycles. The monoisotopic (exact) mass is 231 g/mol. The summed E-state index contributed by atoms with van der Waals surface area (Å²) in [6.07, 6.45) is 4.91. The SMILES string of the molecule is Cn1cc(CN)c(NC(=O)c2ccncc2)n1. The number of carbonyl (C=O) groups excluding carboxylic acids is 1. The summed E-state index contributed by atoms with van der Waals surface area (Å²) in [5, 5.41) is 6.86. The average Bonchev–Trinajstić information content (AvgIpc) is 2.70. The molecule has 0 saturated carbocycles. The fraction of sp³-hybridized carbons (Fsp3) is 0.182. The van der Waals surface area contributed by atoms with Crippen molar-refractivity contribution >= 4 is 11.7 Å². The predicted molar refractivity (Wildman–Crippen MR) is 63.3 cm³/mol. The minimum Gasteiger partial charge on any atom is -0.326 e. The molecule has 0 atom stereocenters. The van der Waals surface area contributed by atoms with Gasteiger partial charge in [-0.2, -0.15) is 5.10 Å². The highest BCUT2D eigenvalue weighted by Crippen LogP contribution is 2.12. The van der Waals surface area contributed by atoms with E-state index in [9.17, 15) is 4.79 Å². The van der Waals surface area contributed by atoms with Crippen molar-refractivity contribution < 1.29 is 4.79 Å². The van der Waals surface area contributed by atoms with E-state index in [1.54, 1.807) is 42.5 Å². The molecule has 0 aliphatic carbocycles. The fourth-order valence-corrected chi connectivity index (χ4v) is 1.48. The Hall–Kier alpha value is -2.21. The summed E-state index contributed by atoms with van der Waals surface area (Å²) in [6, 6.07) is 3.28. The molecular weight excluding hydrogens is 218 g/mol. The van der Waals surface area contributed by atoms with Crippen molar-refractivity contribution in [1.29, 1.82) is 0 Å². The van der Waals surface area contributed by atoms with E-state index in [2.05, 4.69) is 15.4 Å². The van der Waals surface area contributed by atoms with Crippen molar-refractivity contribution in [3.05, 3.63) is 41.9 Å². The molecule has 2 rings (SSSR count). The third kappa shape index (κ3) is 2.48. The number of anilines is 1. The second kappa shape index (κ2) is 4.75. The van der Waals surface area contributed by atoms with Crippen LogP contribution in [-0.4, -0.2) is 20.7 Å². The number of hydrogen-bond acceptors (Lipinski definition) is 4. The molecule has 0 aliphatic heterocycles. The van der Waals surface area contributed by atoms with Crippen molar-refractivity contribution in [3.63, 3.8) is 0 Å². The summed E-state index contributed by atoms with van der Waals surface area (Å²) in [4.78, 5) is 15.7. The van der Waals surface area contributed by atoms with Crippen molar-refractivity contribution in [2.24, 2.45) is 12.8 Å². The number of hydrogen-bond donors (Lipinski definition) is 2. The van der Waals surface area contributed by atoms with Gasteiger partial charge in [0.15, 0.2) is 5.82 Å². The molecular formula is C11H13N5O. The van der Waals surface area contributed by atoms with E-state index >= 15 is 0 Å². The minimum atomic E-state index is -0.221. The highest BCUT2D eigenvalue weighted by Gasteiger charge is 2.11. The molecule has 2 heterocycles. The van der Waals surface area contributed by atoms with Gasteiger partial charge in [0.2, 0.25) is 0 Å². The number of aryl methyl sites for hydroxylation is 1. The molecule has 0 radical (unpaired) electrons. The van der Waals surface area contributed by atoms with Crippen LogP contribution in [0, 0.1) is 0 Å². The third-order valence-electron chi connectivity index (χ3n) is 2.30. The lowest BCUT2D eigenvalue weighted by Crippen LogP contribution is -2.14. The quantitative estimate of drug-likeness (QED) is 0.806. The first-order chi connectivity index (χ1) is 8.20. The van der Waals surface area contributed by atoms with Crippen LogP contribution in [0.1, 0.15) is 15.9 Å². The molecule has 0 aromatic carbocycles. The molecule has 2 aromatic rings. The van der Waals surface area contributed by atoms with Crippen molar-refractivity contribution in [1.82, 2.24) is 14.8 Å². The van der Waals surface area contributed by atoms with Crippen LogP contribution >= 0.6 is 0 Å². The number of amides is 1. The summed E-state index contributed by atoms with van der Waals surface area (Å²) in [6.45, 7) is 0.333. The van der Waals surface area contributed by atoms with Gasteiger partial charge in [-0.1, -0.05) is 0 Å². The first-order valence-electron chi connectivity index (χ1n) is 5.14. The van der Waals surface area contributed by atoms with Gasteiger partial charge in [0, 0.05) is 43.3 Å². The van der Waals surface area contributed by atoms with E-state index in [1.165, 1.54) is 0 Å². The van der Waals surface area contributed by atoms with E-state index in [4.69, 9.17) is 5.73 Å². The number of nitrogens with zero attached hydrogens (tertiary/aromatic N) is 3. The van der Waals surface area contributed by atoms with Crippen LogP contribution in [-0.2, 0) is 13.6 Å². The van der Waals surface area contributed by atoms with Crippen LogP contribution in [0.15, 0.2) is 30.7 Å². The molecule has 88 valence electrons. The van der Waals surface area contributed by atoms with Gasteiger partial charge in [-0.25, -0.2) is 0 Å². The van der Waals surface area contributed by atoms with Crippen LogP contribution in [0.5, 0.6) is 0 Å². The summed E-state index contributed by atoms with van der Waals surface area (Å²) >= 11 is 0. The smallest absolute Gasteiger partial charge is 0.256 e. The van der Waals surface area contributed by atoms with Gasteiger partial charge >= 0.3 is 0 Å². The Morgan fingerprint density at radius 1 is 1.47 bits per heavy atom. The van der Waals surface area contributed by atoms with E-state index in [1.807, 2.05) is 0 Å². The maximum Gasteiger partial charge on any atom is 0.256 e. The fourth-order valence-electron chi connectivity index (χ4n) is 1.48. The molecule has 0 fully saturated rings. The topological polar surface area (TPSA) is 85.8 Å². The Labute approximate surface area is 98.5 Å². The van der Waals surface area contributed by atoms with Gasteiger partial charge in [-0.15, -0.1) is 0 Å². The van der Waals surface area contributed by atoms with Crippen LogP contribution in [0.2, 0.25) is 0 Å². The van der Waals surface area contributed by atoms with Gasteiger partial charge in [-0.3, -0.25) is 14.5 Å². The lowest BCUT2D eigenvalue weighted by Gasteiger charge is -2.03. The van der Waals surface area contributed by atoms with E-state index < -0.39 is 0 Å². The molecule has 17 heavy (non-hydrogen) atoms. The molecule has 6 nitrogen and oxygen atoms in total. The molecule has 1 amide bonds. The zero-order valence-electron chi connectivity index (χ0n) is 9.42. The number of aromatic nitrogens is 3. The summed E-state index contributed by atoms with van der Waals surface area (Å²) in [5.74, 6) is 0.276. The van der Waals surface area contributed by atoms with Crippen LogP contribution < -0.4 is 11.1 Å². The second-order valence-corrected chi connectivity index (χ2v) is 3.57. The summed E-state index contributed by atoms with van der Waals surface area (Å²) in [5.41, 5.74) is 6.90. The number of carbonyl (C=O) groups is 1. The Bertz CT molecular complexity index is 520. The average molecular weight is 231 g/mol. The van der Waals surface area contributed by atoms with Crippen LogP contribution in [0.4, 0.5) is 5.82 Å². The molecule has 6 heteroatoms. The molecule has 0 saturated heterocycles. The lowest BCUT2D eigenvalue weighted by atomic mass is 10.2. The minimum absolute atomic E-state index is 0.221. The zero-order valence-corrected chi connectivity index (χ0v) is 9.42. The molecule has 0 spiro atoms. The van der Waals surface area contributed by atoms with E-state index in [0.717, 1.165) is 5.56 Å². The van der Waals surface area contributed by atoms with Gasteiger partial charge in [0.25, 0.3) is 5.91 Å². The van der Waals surface area contributed by atoms with Crippen molar-refractivity contribution in [2.45, 2.75) is 6.54 Å². The first-order valence-corrected chi connectivity index (χ1v) is 5.14. The number of nitrogens with two attached hydrogens (primary N) is 1. The number of nitrogens with one attached hydrogen (secondary N) is 1. The van der Waals surface area contributed by atoms with E-state index in [-0.39, 0.29) is 5.91 Å². The van der Waals surface area contributed by atoms with Crippen LogP contribution in [0.25, 0.3) is 0 Å². The largest absolute Gasteiger partial charge is 0.326 e. The maximum atomic E-state index is 11.9. The number of pyridine rings is 1. The second-order valence-electron chi connectivity index (χ2n) is 3.57. The predicted octanol–water partition coefficient (Wildman–Crippen LogP) is 0.526. The standard InChI is InChI=1S/C11H13N5O/c1-16-7-9(6-12)10(15-16)14-11(17)8-2-4-13-5-3-8/h2-5,7H,6,12H2,1H3,(H,14,15,17). The molecule has 0 aliphatic rings. The Kier molecular flexibility index (Phi) is 3.15. The first kappa shape index (κ1) is 11.3. The highest BCUT2D eigenvalue weighted by atomic mass is 16.1. The van der Waals surface area contributed by atoms with Gasteiger partial charge in [0.05, 0.1) is 0 Å². The molecule has 0 unspecified atom stereocenters. The maximum absolute atomic E-state index is 11.9. The zero-order chi connectivity index (χ0) is 12.3.